The predicted molar refractivity (Wildman–Crippen MR) is 114 cm³/mol. The van der Waals surface area contributed by atoms with Gasteiger partial charge < -0.3 is 14.8 Å². The number of carbonyl (C=O) groups excluding carboxylic acids is 3. The number of rotatable bonds is 6. The number of nitrogens with zero attached hydrogens (tertiary/aromatic N) is 1. The van der Waals surface area contributed by atoms with Crippen LogP contribution in [0.3, 0.4) is 0 Å². The summed E-state index contributed by atoms with van der Waals surface area (Å²) in [6.07, 6.45) is 7.97. The number of nitrogens with one attached hydrogen (secondary N) is 1. The summed E-state index contributed by atoms with van der Waals surface area (Å²) < 4.78 is 10.5. The molecule has 1 aliphatic rings. The van der Waals surface area contributed by atoms with Gasteiger partial charge in [0.05, 0.1) is 17.7 Å². The van der Waals surface area contributed by atoms with Crippen molar-refractivity contribution in [2.45, 2.75) is 58.5 Å². The highest BCUT2D eigenvalue weighted by molar-refractivity contribution is 7.17. The van der Waals surface area contributed by atoms with Crippen molar-refractivity contribution < 1.29 is 23.9 Å². The van der Waals surface area contributed by atoms with Crippen LogP contribution in [-0.2, 0) is 27.1 Å². The minimum atomic E-state index is -1.02. The molecule has 0 aliphatic heterocycles. The molecule has 0 aromatic carbocycles. The first-order valence-electron chi connectivity index (χ1n) is 10.2. The first-order valence-corrected chi connectivity index (χ1v) is 11.1. The maximum Gasteiger partial charge on any atom is 0.341 e. The molecule has 0 fully saturated rings. The average Bonchev–Trinajstić information content (AvgIpc) is 3.04. The molecular formula is C22H26N2O5S. The number of fused-ring (bicyclic) bond motifs is 1. The molecule has 2 heterocycles. The summed E-state index contributed by atoms with van der Waals surface area (Å²) in [6, 6.07) is 3.04. The van der Waals surface area contributed by atoms with Crippen LogP contribution in [0.15, 0.2) is 24.5 Å². The predicted octanol–water partition coefficient (Wildman–Crippen LogP) is 4.16. The van der Waals surface area contributed by atoms with Gasteiger partial charge in [-0.25, -0.2) is 9.59 Å². The number of ether oxygens (including phenoxy) is 2. The monoisotopic (exact) mass is 430 g/mol. The highest BCUT2D eigenvalue weighted by atomic mass is 32.1. The van der Waals surface area contributed by atoms with Gasteiger partial charge in [-0.05, 0) is 57.2 Å². The SMILES string of the molecule is CCOC(=O)c1c(NC(=O)C(C)OC(=O)c2ccncc2)sc2c1CCCCCC2. The molecule has 0 bridgehead atoms. The van der Waals surface area contributed by atoms with Gasteiger partial charge in [0.15, 0.2) is 6.10 Å². The van der Waals surface area contributed by atoms with Crippen molar-refractivity contribution in [1.29, 1.82) is 0 Å². The van der Waals surface area contributed by atoms with Gasteiger partial charge in [-0.2, -0.15) is 0 Å². The van der Waals surface area contributed by atoms with E-state index >= 15 is 0 Å². The van der Waals surface area contributed by atoms with E-state index in [1.54, 1.807) is 6.92 Å². The Hall–Kier alpha value is -2.74. The van der Waals surface area contributed by atoms with Crippen molar-refractivity contribution in [3.05, 3.63) is 46.1 Å². The van der Waals surface area contributed by atoms with E-state index < -0.39 is 23.9 Å². The van der Waals surface area contributed by atoms with Gasteiger partial charge in [0.1, 0.15) is 5.00 Å². The Labute approximate surface area is 179 Å². The third kappa shape index (κ3) is 5.24. The Kier molecular flexibility index (Phi) is 7.57. The molecule has 0 saturated carbocycles. The lowest BCUT2D eigenvalue weighted by Crippen LogP contribution is -2.30. The summed E-state index contributed by atoms with van der Waals surface area (Å²) >= 11 is 1.42. The third-order valence-corrected chi connectivity index (χ3v) is 6.16. The lowest BCUT2D eigenvalue weighted by molar-refractivity contribution is -0.123. The minimum Gasteiger partial charge on any atom is -0.462 e. The summed E-state index contributed by atoms with van der Waals surface area (Å²) in [5.41, 5.74) is 1.74. The molecule has 0 spiro atoms. The summed E-state index contributed by atoms with van der Waals surface area (Å²) in [5.74, 6) is -1.52. The highest BCUT2D eigenvalue weighted by Crippen LogP contribution is 2.37. The van der Waals surface area contributed by atoms with Gasteiger partial charge in [-0.15, -0.1) is 11.3 Å². The molecule has 160 valence electrons. The van der Waals surface area contributed by atoms with Crippen molar-refractivity contribution in [3.8, 4) is 0 Å². The van der Waals surface area contributed by atoms with E-state index in [1.807, 2.05) is 0 Å². The van der Waals surface area contributed by atoms with Gasteiger partial charge in [0.25, 0.3) is 5.91 Å². The Morgan fingerprint density at radius 3 is 2.50 bits per heavy atom. The Bertz CT molecular complexity index is 910. The van der Waals surface area contributed by atoms with E-state index in [0.717, 1.165) is 49.0 Å². The van der Waals surface area contributed by atoms with Crippen molar-refractivity contribution in [3.63, 3.8) is 0 Å². The molecule has 1 unspecified atom stereocenters. The quantitative estimate of drug-likeness (QED) is 0.692. The molecule has 7 nitrogen and oxygen atoms in total. The molecule has 8 heteroatoms. The van der Waals surface area contributed by atoms with Gasteiger partial charge in [-0.3, -0.25) is 9.78 Å². The zero-order valence-corrected chi connectivity index (χ0v) is 18.0. The second kappa shape index (κ2) is 10.3. The van der Waals surface area contributed by atoms with Crippen LogP contribution in [0.2, 0.25) is 0 Å². The average molecular weight is 431 g/mol. The van der Waals surface area contributed by atoms with E-state index in [4.69, 9.17) is 9.47 Å². The number of amides is 1. The van der Waals surface area contributed by atoms with Gasteiger partial charge >= 0.3 is 11.9 Å². The number of thiophene rings is 1. The normalized spacial score (nSPS) is 14.6. The van der Waals surface area contributed by atoms with E-state index in [0.29, 0.717) is 16.1 Å². The molecule has 3 rings (SSSR count). The second-order valence-corrected chi connectivity index (χ2v) is 8.22. The van der Waals surface area contributed by atoms with Gasteiger partial charge in [0, 0.05) is 17.3 Å². The first kappa shape index (κ1) is 22.0. The number of aryl methyl sites for hydroxylation is 1. The third-order valence-electron chi connectivity index (χ3n) is 4.96. The largest absolute Gasteiger partial charge is 0.462 e. The lowest BCUT2D eigenvalue weighted by Gasteiger charge is -2.14. The molecule has 1 aliphatic carbocycles. The maximum atomic E-state index is 12.7. The summed E-state index contributed by atoms with van der Waals surface area (Å²) in [5, 5.41) is 3.26. The fourth-order valence-corrected chi connectivity index (χ4v) is 4.69. The Morgan fingerprint density at radius 1 is 1.10 bits per heavy atom. The fourth-order valence-electron chi connectivity index (χ4n) is 3.41. The van der Waals surface area contributed by atoms with Crippen molar-refractivity contribution in [2.24, 2.45) is 0 Å². The van der Waals surface area contributed by atoms with Crippen LogP contribution in [-0.4, -0.2) is 35.5 Å². The molecule has 2 aromatic rings. The van der Waals surface area contributed by atoms with Gasteiger partial charge in [-0.1, -0.05) is 12.8 Å². The first-order chi connectivity index (χ1) is 14.5. The summed E-state index contributed by atoms with van der Waals surface area (Å²) in [6.45, 7) is 3.52. The van der Waals surface area contributed by atoms with Crippen LogP contribution in [0.25, 0.3) is 0 Å². The number of hydrogen-bond donors (Lipinski definition) is 1. The van der Waals surface area contributed by atoms with Crippen molar-refractivity contribution >= 4 is 34.2 Å². The van der Waals surface area contributed by atoms with Crippen LogP contribution in [0.1, 0.15) is 70.7 Å². The van der Waals surface area contributed by atoms with Gasteiger partial charge in [0.2, 0.25) is 0 Å². The smallest absolute Gasteiger partial charge is 0.341 e. The Morgan fingerprint density at radius 2 is 1.80 bits per heavy atom. The zero-order valence-electron chi connectivity index (χ0n) is 17.2. The molecule has 1 N–H and O–H groups in total. The van der Waals surface area contributed by atoms with Crippen LogP contribution in [0, 0.1) is 0 Å². The Balaban J connectivity index is 1.78. The number of pyridine rings is 1. The summed E-state index contributed by atoms with van der Waals surface area (Å²) in [4.78, 5) is 42.5. The van der Waals surface area contributed by atoms with Crippen molar-refractivity contribution in [2.75, 3.05) is 11.9 Å². The van der Waals surface area contributed by atoms with Crippen LogP contribution < -0.4 is 5.32 Å². The zero-order chi connectivity index (χ0) is 21.5. The topological polar surface area (TPSA) is 94.6 Å². The number of carbonyl (C=O) groups is 3. The molecule has 0 radical (unpaired) electrons. The van der Waals surface area contributed by atoms with Crippen molar-refractivity contribution in [1.82, 2.24) is 4.98 Å². The maximum absolute atomic E-state index is 12.7. The molecule has 2 aromatic heterocycles. The molecule has 0 saturated heterocycles. The number of anilines is 1. The van der Waals surface area contributed by atoms with Crippen LogP contribution >= 0.6 is 11.3 Å². The molecular weight excluding hydrogens is 404 g/mol. The second-order valence-electron chi connectivity index (χ2n) is 7.12. The van der Waals surface area contributed by atoms with E-state index in [2.05, 4.69) is 10.3 Å². The summed E-state index contributed by atoms with van der Waals surface area (Å²) in [7, 11) is 0. The van der Waals surface area contributed by atoms with E-state index in [1.165, 1.54) is 42.8 Å². The van der Waals surface area contributed by atoms with E-state index in [9.17, 15) is 14.4 Å². The fraction of sp³-hybridized carbons (Fsp3) is 0.455. The number of hydrogen-bond acceptors (Lipinski definition) is 7. The molecule has 1 amide bonds. The minimum absolute atomic E-state index is 0.261. The highest BCUT2D eigenvalue weighted by Gasteiger charge is 2.28. The van der Waals surface area contributed by atoms with Crippen LogP contribution in [0.4, 0.5) is 5.00 Å². The molecule has 1 atom stereocenters. The molecule has 30 heavy (non-hydrogen) atoms. The number of aromatic nitrogens is 1. The van der Waals surface area contributed by atoms with Crippen LogP contribution in [0.5, 0.6) is 0 Å². The standard InChI is InChI=1S/C22H26N2O5S/c1-3-28-22(27)18-16-8-6-4-5-7-9-17(16)30-20(18)24-19(25)14(2)29-21(26)15-10-12-23-13-11-15/h10-14H,3-9H2,1-2H3,(H,24,25). The van der Waals surface area contributed by atoms with E-state index in [-0.39, 0.29) is 6.61 Å². The number of esters is 2. The lowest BCUT2D eigenvalue weighted by atomic mass is 9.96.